The Labute approximate surface area is 92.3 Å². The van der Waals surface area contributed by atoms with Gasteiger partial charge in [-0.3, -0.25) is 0 Å². The fraction of sp³-hybridized carbons (Fsp3) is 1.00. The summed E-state index contributed by atoms with van der Waals surface area (Å²) in [6.07, 6.45) is 0. The first kappa shape index (κ1) is 17.9. The molecule has 0 heterocycles. The van der Waals surface area contributed by atoms with Crippen LogP contribution < -0.4 is 0 Å². The second-order valence-electron chi connectivity index (χ2n) is 4.34. The third-order valence-corrected chi connectivity index (χ3v) is 0. The van der Waals surface area contributed by atoms with Gasteiger partial charge >= 0.3 is 29.6 Å². The van der Waals surface area contributed by atoms with Crippen LogP contribution in [0.4, 0.5) is 0 Å². The third kappa shape index (κ3) is 1030. The zero-order valence-corrected chi connectivity index (χ0v) is 7.89. The predicted molar refractivity (Wildman–Crippen MR) is 51.1 cm³/mol. The van der Waals surface area contributed by atoms with Crippen molar-refractivity contribution in [1.29, 1.82) is 0 Å². The number of hydrogen-bond acceptors (Lipinski definition) is 2. The molecular weight excluding hydrogens is 151 g/mol. The molecule has 0 saturated heterocycles. The van der Waals surface area contributed by atoms with Gasteiger partial charge in [-0.05, 0) is 41.5 Å². The fourth-order valence-corrected chi connectivity index (χ4v) is 0. The molecule has 0 atom stereocenters. The zero-order chi connectivity index (χ0) is 9.00. The molecule has 0 bridgehead atoms. The summed E-state index contributed by atoms with van der Waals surface area (Å²) < 4.78 is 0. The van der Waals surface area contributed by atoms with Crippen LogP contribution in [0, 0.1) is 0 Å². The van der Waals surface area contributed by atoms with Gasteiger partial charge in [0, 0.05) is 0 Å². The van der Waals surface area contributed by atoms with Gasteiger partial charge in [0.05, 0.1) is 11.2 Å². The zero-order valence-electron chi connectivity index (χ0n) is 7.89. The van der Waals surface area contributed by atoms with Gasteiger partial charge in [0.1, 0.15) is 0 Å². The van der Waals surface area contributed by atoms with Gasteiger partial charge in [0.25, 0.3) is 0 Å². The van der Waals surface area contributed by atoms with Crippen LogP contribution in [0.3, 0.4) is 0 Å². The van der Waals surface area contributed by atoms with Gasteiger partial charge in [-0.2, -0.15) is 0 Å². The van der Waals surface area contributed by atoms with Crippen LogP contribution in [0.1, 0.15) is 41.5 Å². The Hall–Kier alpha value is 0.920. The Morgan fingerprint density at radius 3 is 0.636 bits per heavy atom. The Morgan fingerprint density at radius 1 is 0.636 bits per heavy atom. The van der Waals surface area contributed by atoms with Crippen molar-refractivity contribution in [2.75, 3.05) is 0 Å². The van der Waals surface area contributed by atoms with Gasteiger partial charge in [-0.1, -0.05) is 0 Å². The Morgan fingerprint density at radius 2 is 0.636 bits per heavy atom. The van der Waals surface area contributed by atoms with Crippen LogP contribution in [0.15, 0.2) is 0 Å². The first-order valence-corrected chi connectivity index (χ1v) is 3.45. The molecule has 0 aromatic rings. The molecular formula is C8H21NaO2. The predicted octanol–water partition coefficient (Wildman–Crippen LogP) is 0.906. The van der Waals surface area contributed by atoms with Gasteiger partial charge in [-0.25, -0.2) is 0 Å². The summed E-state index contributed by atoms with van der Waals surface area (Å²) in [5.41, 5.74) is -1.00. The Kier molecular flexibility index (Phi) is 10.5. The molecule has 66 valence electrons. The summed E-state index contributed by atoms with van der Waals surface area (Å²) in [7, 11) is 0. The Bertz CT molecular complexity index is 55.1. The molecule has 0 spiro atoms. The summed E-state index contributed by atoms with van der Waals surface area (Å²) >= 11 is 0. The van der Waals surface area contributed by atoms with E-state index in [-0.39, 0.29) is 29.6 Å². The first-order chi connectivity index (χ1) is 4.00. The van der Waals surface area contributed by atoms with Crippen molar-refractivity contribution in [2.45, 2.75) is 52.7 Å². The third-order valence-electron chi connectivity index (χ3n) is 0. The van der Waals surface area contributed by atoms with Crippen molar-refractivity contribution in [3.8, 4) is 0 Å². The van der Waals surface area contributed by atoms with Crippen molar-refractivity contribution in [3.05, 3.63) is 0 Å². The first-order valence-electron chi connectivity index (χ1n) is 3.45. The molecule has 0 aromatic heterocycles. The Balaban J connectivity index is -0.000000107. The topological polar surface area (TPSA) is 40.5 Å². The molecule has 0 aliphatic heterocycles. The van der Waals surface area contributed by atoms with E-state index in [0.29, 0.717) is 0 Å². The van der Waals surface area contributed by atoms with E-state index in [1.807, 2.05) is 0 Å². The van der Waals surface area contributed by atoms with Crippen LogP contribution in [-0.4, -0.2) is 51.0 Å². The summed E-state index contributed by atoms with van der Waals surface area (Å²) in [4.78, 5) is 0. The summed E-state index contributed by atoms with van der Waals surface area (Å²) in [5, 5.41) is 17.0. The molecule has 2 N–H and O–H groups in total. The summed E-state index contributed by atoms with van der Waals surface area (Å²) in [6, 6.07) is 0. The standard InChI is InChI=1S/2C4H10O.Na.H/c2*1-4(2,3)5;;/h2*5H,1-3H3;;. The quantitative estimate of drug-likeness (QED) is 0.533. The van der Waals surface area contributed by atoms with Crippen molar-refractivity contribution in [1.82, 2.24) is 0 Å². The maximum absolute atomic E-state index is 8.52. The van der Waals surface area contributed by atoms with Crippen LogP contribution in [0.5, 0.6) is 0 Å². The van der Waals surface area contributed by atoms with E-state index < -0.39 is 11.2 Å². The minimum absolute atomic E-state index is 0. The minimum atomic E-state index is -0.500. The van der Waals surface area contributed by atoms with Gasteiger partial charge in [0.2, 0.25) is 0 Å². The maximum atomic E-state index is 8.52. The number of hydrogen-bond donors (Lipinski definition) is 2. The molecule has 0 amide bonds. The van der Waals surface area contributed by atoms with E-state index in [4.69, 9.17) is 10.2 Å². The molecule has 0 aromatic carbocycles. The average molecular weight is 172 g/mol. The van der Waals surface area contributed by atoms with E-state index in [9.17, 15) is 0 Å². The second kappa shape index (κ2) is 6.44. The van der Waals surface area contributed by atoms with Crippen molar-refractivity contribution in [3.63, 3.8) is 0 Å². The SMILES string of the molecule is CC(C)(C)O.CC(C)(C)O.[NaH]. The van der Waals surface area contributed by atoms with E-state index in [0.717, 1.165) is 0 Å². The van der Waals surface area contributed by atoms with Gasteiger partial charge < -0.3 is 10.2 Å². The molecule has 0 aliphatic carbocycles. The average Bonchev–Trinajstić information content (AvgIpc) is 1.12. The van der Waals surface area contributed by atoms with Crippen LogP contribution in [0.2, 0.25) is 0 Å². The van der Waals surface area contributed by atoms with E-state index in [2.05, 4.69) is 0 Å². The van der Waals surface area contributed by atoms with Crippen molar-refractivity contribution in [2.24, 2.45) is 0 Å². The molecule has 3 heteroatoms. The van der Waals surface area contributed by atoms with Crippen molar-refractivity contribution < 1.29 is 10.2 Å². The molecule has 0 saturated carbocycles. The van der Waals surface area contributed by atoms with E-state index in [1.54, 1.807) is 41.5 Å². The van der Waals surface area contributed by atoms with Gasteiger partial charge in [0.15, 0.2) is 0 Å². The number of aliphatic hydroxyl groups is 2. The van der Waals surface area contributed by atoms with Crippen LogP contribution >= 0.6 is 0 Å². The molecule has 0 fully saturated rings. The normalized spacial score (nSPS) is 10.9. The van der Waals surface area contributed by atoms with E-state index in [1.165, 1.54) is 0 Å². The number of rotatable bonds is 0. The van der Waals surface area contributed by atoms with Crippen LogP contribution in [-0.2, 0) is 0 Å². The molecule has 2 nitrogen and oxygen atoms in total. The van der Waals surface area contributed by atoms with Crippen LogP contribution in [0.25, 0.3) is 0 Å². The molecule has 0 unspecified atom stereocenters. The second-order valence-corrected chi connectivity index (χ2v) is 4.34. The molecule has 0 rings (SSSR count). The fourth-order valence-electron chi connectivity index (χ4n) is 0. The molecule has 11 heavy (non-hydrogen) atoms. The summed E-state index contributed by atoms with van der Waals surface area (Å²) in [5.74, 6) is 0. The summed E-state index contributed by atoms with van der Waals surface area (Å²) in [6.45, 7) is 10.5. The molecule has 0 aliphatic rings. The molecule has 0 radical (unpaired) electrons. The van der Waals surface area contributed by atoms with E-state index >= 15 is 0 Å². The van der Waals surface area contributed by atoms with Gasteiger partial charge in [-0.15, -0.1) is 0 Å². The van der Waals surface area contributed by atoms with Crippen molar-refractivity contribution >= 4 is 29.6 Å². The monoisotopic (exact) mass is 172 g/mol.